The van der Waals surface area contributed by atoms with Gasteiger partial charge in [0.05, 0.1) is 23.4 Å². The summed E-state index contributed by atoms with van der Waals surface area (Å²) in [6, 6.07) is 25.6. The van der Waals surface area contributed by atoms with Crippen LogP contribution >= 0.6 is 11.6 Å². The SMILES string of the molecule is COC(=O)c1ccc(-c2ccc(C(CC(=NO)c3ccnc(C)c3)c3ccccc3C)cc2)cc1Cl. The molecule has 1 atom stereocenters. The van der Waals surface area contributed by atoms with E-state index in [9.17, 15) is 10.0 Å². The summed E-state index contributed by atoms with van der Waals surface area (Å²) in [6.45, 7) is 4.01. The highest BCUT2D eigenvalue weighted by Crippen LogP contribution is 2.34. The molecule has 1 heterocycles. The van der Waals surface area contributed by atoms with Crippen LogP contribution in [0.3, 0.4) is 0 Å². The maximum Gasteiger partial charge on any atom is 0.339 e. The molecule has 0 aliphatic carbocycles. The molecule has 0 saturated heterocycles. The molecule has 3 aromatic carbocycles. The first-order valence-electron chi connectivity index (χ1n) is 11.6. The van der Waals surface area contributed by atoms with Gasteiger partial charge in [0.2, 0.25) is 0 Å². The quantitative estimate of drug-likeness (QED) is 0.126. The Morgan fingerprint density at radius 1 is 1.00 bits per heavy atom. The average molecular weight is 499 g/mol. The highest BCUT2D eigenvalue weighted by molar-refractivity contribution is 6.33. The number of oxime groups is 1. The molecule has 0 amide bonds. The summed E-state index contributed by atoms with van der Waals surface area (Å²) in [6.07, 6.45) is 2.24. The molecule has 1 N–H and O–H groups in total. The molecule has 5 nitrogen and oxygen atoms in total. The van der Waals surface area contributed by atoms with Gasteiger partial charge in [-0.25, -0.2) is 4.79 Å². The number of benzene rings is 3. The topological polar surface area (TPSA) is 71.8 Å². The van der Waals surface area contributed by atoms with E-state index in [1.54, 1.807) is 18.3 Å². The number of ether oxygens (including phenoxy) is 1. The van der Waals surface area contributed by atoms with Gasteiger partial charge in [-0.05, 0) is 65.9 Å². The normalized spacial score (nSPS) is 12.3. The number of methoxy groups -OCH3 is 1. The summed E-state index contributed by atoms with van der Waals surface area (Å²) in [5, 5.41) is 13.9. The van der Waals surface area contributed by atoms with Gasteiger partial charge in [0.1, 0.15) is 0 Å². The van der Waals surface area contributed by atoms with Crippen LogP contribution in [0.5, 0.6) is 0 Å². The smallest absolute Gasteiger partial charge is 0.339 e. The molecule has 0 bridgehead atoms. The molecule has 0 spiro atoms. The third kappa shape index (κ3) is 5.47. The Kier molecular flexibility index (Phi) is 7.81. The maximum absolute atomic E-state index is 11.9. The van der Waals surface area contributed by atoms with Crippen molar-refractivity contribution >= 4 is 23.3 Å². The van der Waals surface area contributed by atoms with Crippen LogP contribution in [0.15, 0.2) is 90.2 Å². The van der Waals surface area contributed by atoms with Crippen molar-refractivity contribution in [2.75, 3.05) is 7.11 Å². The van der Waals surface area contributed by atoms with Crippen molar-refractivity contribution in [1.29, 1.82) is 0 Å². The molecule has 182 valence electrons. The predicted octanol–water partition coefficient (Wildman–Crippen LogP) is 7.21. The zero-order chi connectivity index (χ0) is 25.7. The molecule has 6 heteroatoms. The molecule has 0 aliphatic rings. The predicted molar refractivity (Wildman–Crippen MR) is 143 cm³/mol. The molecular formula is C30H27ClN2O3. The molecule has 36 heavy (non-hydrogen) atoms. The molecule has 0 fully saturated rings. The highest BCUT2D eigenvalue weighted by atomic mass is 35.5. The van der Waals surface area contributed by atoms with E-state index in [1.807, 2.05) is 49.4 Å². The van der Waals surface area contributed by atoms with Crippen LogP contribution in [0.25, 0.3) is 11.1 Å². The van der Waals surface area contributed by atoms with Crippen molar-refractivity contribution < 1.29 is 14.7 Å². The lowest BCUT2D eigenvalue weighted by Gasteiger charge is -2.21. The van der Waals surface area contributed by atoms with Gasteiger partial charge in [0.25, 0.3) is 0 Å². The monoisotopic (exact) mass is 498 g/mol. The number of nitrogens with zero attached hydrogens (tertiary/aromatic N) is 2. The van der Waals surface area contributed by atoms with Gasteiger partial charge < -0.3 is 9.94 Å². The van der Waals surface area contributed by atoms with Crippen LogP contribution in [0.4, 0.5) is 0 Å². The van der Waals surface area contributed by atoms with Gasteiger partial charge in [-0.2, -0.15) is 0 Å². The van der Waals surface area contributed by atoms with Crippen molar-refractivity contribution in [2.45, 2.75) is 26.2 Å². The van der Waals surface area contributed by atoms with E-state index in [0.717, 1.165) is 27.9 Å². The second-order valence-electron chi connectivity index (χ2n) is 8.65. The summed E-state index contributed by atoms with van der Waals surface area (Å²) in [4.78, 5) is 16.1. The van der Waals surface area contributed by atoms with Crippen molar-refractivity contribution in [3.8, 4) is 11.1 Å². The second kappa shape index (κ2) is 11.2. The van der Waals surface area contributed by atoms with E-state index in [-0.39, 0.29) is 5.92 Å². The van der Waals surface area contributed by atoms with Gasteiger partial charge in [0.15, 0.2) is 0 Å². The van der Waals surface area contributed by atoms with Gasteiger partial charge >= 0.3 is 5.97 Å². The Morgan fingerprint density at radius 2 is 1.72 bits per heavy atom. The summed E-state index contributed by atoms with van der Waals surface area (Å²) in [5.74, 6) is -0.487. The number of pyridine rings is 1. The van der Waals surface area contributed by atoms with E-state index < -0.39 is 5.97 Å². The first-order chi connectivity index (χ1) is 17.4. The lowest BCUT2D eigenvalue weighted by Crippen LogP contribution is -2.12. The Morgan fingerprint density at radius 3 is 2.36 bits per heavy atom. The largest absolute Gasteiger partial charge is 0.465 e. The van der Waals surface area contributed by atoms with Crippen molar-refractivity contribution in [2.24, 2.45) is 5.16 Å². The van der Waals surface area contributed by atoms with E-state index in [1.165, 1.54) is 18.2 Å². The van der Waals surface area contributed by atoms with Crippen LogP contribution in [0.2, 0.25) is 5.02 Å². The average Bonchev–Trinajstić information content (AvgIpc) is 2.90. The Hall–Kier alpha value is -3.96. The van der Waals surface area contributed by atoms with Crippen molar-refractivity contribution in [3.63, 3.8) is 0 Å². The third-order valence-electron chi connectivity index (χ3n) is 6.33. The molecule has 0 radical (unpaired) electrons. The first kappa shape index (κ1) is 25.1. The number of esters is 1. The maximum atomic E-state index is 11.9. The van der Waals surface area contributed by atoms with Gasteiger partial charge in [-0.15, -0.1) is 0 Å². The summed E-state index contributed by atoms with van der Waals surface area (Å²) >= 11 is 6.33. The zero-order valence-electron chi connectivity index (χ0n) is 20.4. The number of halogens is 1. The molecule has 4 aromatic rings. The summed E-state index contributed by atoms with van der Waals surface area (Å²) < 4.78 is 4.78. The Balaban J connectivity index is 1.70. The third-order valence-corrected chi connectivity index (χ3v) is 6.65. The fourth-order valence-electron chi connectivity index (χ4n) is 4.40. The van der Waals surface area contributed by atoms with Crippen LogP contribution in [-0.4, -0.2) is 29.0 Å². The van der Waals surface area contributed by atoms with Crippen LogP contribution in [0.1, 0.15) is 50.6 Å². The first-order valence-corrected chi connectivity index (χ1v) is 12.0. The molecule has 1 aromatic heterocycles. The number of rotatable bonds is 7. The minimum Gasteiger partial charge on any atom is -0.465 e. The number of aryl methyl sites for hydroxylation is 2. The summed E-state index contributed by atoms with van der Waals surface area (Å²) in [7, 11) is 1.33. The number of aromatic nitrogens is 1. The van der Waals surface area contributed by atoms with E-state index >= 15 is 0 Å². The Bertz CT molecular complexity index is 1410. The molecule has 0 saturated carbocycles. The van der Waals surface area contributed by atoms with E-state index in [4.69, 9.17) is 16.3 Å². The standard InChI is InChI=1S/C30H27ClN2O3/c1-19-6-4-5-7-25(19)27(18-29(33-35)24-14-15-32-20(2)16-24)22-10-8-21(9-11-22)23-12-13-26(28(31)17-23)30(34)36-3/h4-17,27,35H,18H2,1-3H3. The lowest BCUT2D eigenvalue weighted by atomic mass is 9.83. The van der Waals surface area contributed by atoms with Crippen LogP contribution in [0, 0.1) is 13.8 Å². The van der Waals surface area contributed by atoms with Gasteiger partial charge in [0, 0.05) is 29.8 Å². The zero-order valence-corrected chi connectivity index (χ0v) is 21.2. The highest BCUT2D eigenvalue weighted by Gasteiger charge is 2.21. The molecule has 0 aliphatic heterocycles. The fourth-order valence-corrected chi connectivity index (χ4v) is 4.66. The van der Waals surface area contributed by atoms with Gasteiger partial charge in [-0.1, -0.05) is 71.4 Å². The molecule has 4 rings (SSSR count). The Labute approximate surface area is 216 Å². The molecular weight excluding hydrogens is 472 g/mol. The second-order valence-corrected chi connectivity index (χ2v) is 9.06. The number of hydrogen-bond acceptors (Lipinski definition) is 5. The van der Waals surface area contributed by atoms with Gasteiger partial charge in [-0.3, -0.25) is 4.98 Å². The molecule has 1 unspecified atom stereocenters. The lowest BCUT2D eigenvalue weighted by molar-refractivity contribution is 0.0601. The van der Waals surface area contributed by atoms with Crippen LogP contribution < -0.4 is 0 Å². The van der Waals surface area contributed by atoms with Crippen molar-refractivity contribution in [3.05, 3.63) is 124 Å². The minimum absolute atomic E-state index is 0.0232. The number of hydrogen-bond donors (Lipinski definition) is 1. The van der Waals surface area contributed by atoms with Crippen molar-refractivity contribution in [1.82, 2.24) is 4.98 Å². The van der Waals surface area contributed by atoms with Crippen LogP contribution in [-0.2, 0) is 4.74 Å². The van der Waals surface area contributed by atoms with E-state index in [0.29, 0.717) is 22.7 Å². The van der Waals surface area contributed by atoms with E-state index in [2.05, 4.69) is 41.3 Å². The number of carbonyl (C=O) groups excluding carboxylic acids is 1. The minimum atomic E-state index is -0.464. The summed E-state index contributed by atoms with van der Waals surface area (Å²) in [5.41, 5.74) is 7.95. The fraction of sp³-hybridized carbons (Fsp3) is 0.167. The number of carbonyl (C=O) groups is 1.